The minimum Gasteiger partial charge on any atom is -0.481 e. The molecule has 0 aromatic rings. The molecular weight excluding hydrogens is 576 g/mol. The summed E-state index contributed by atoms with van der Waals surface area (Å²) in [6, 6.07) is 0. The number of rotatable bonds is 6. The monoisotopic (exact) mass is 640 g/mol. The van der Waals surface area contributed by atoms with Crippen LogP contribution in [0.4, 0.5) is 0 Å². The highest BCUT2D eigenvalue weighted by Gasteiger charge is 2.68. The molecule has 8 unspecified atom stereocenters. The smallest absolute Gasteiger partial charge is 0.303 e. The lowest BCUT2D eigenvalue weighted by Crippen LogP contribution is -2.74. The molecule has 8 fully saturated rings. The van der Waals surface area contributed by atoms with E-state index in [1.54, 1.807) is 0 Å². The van der Waals surface area contributed by atoms with Crippen LogP contribution < -0.4 is 0 Å². The molecule has 0 amide bonds. The standard InChI is InChI=1S/C40H64O6/c1-22(8-16-35(41)42)29-12-13-32-28-10-9-26-21-27(17-19-38(26,5)33(28)18-20-39(29,32)6)44-36-24(3)31-11-7-23(2)30-14-15-34-25(4)43-37(45-36)40(30,31)46-34/h22-34,36-37H,7-21H2,1-6H3,(H,41,42)/t22-,23-,24-,25-,26?,27-,28?,29-,30?,31+,32?,33?,34-,36?,37?,38+,39-,40?/m1/s1. The van der Waals surface area contributed by atoms with Gasteiger partial charge < -0.3 is 24.1 Å². The molecule has 18 atom stereocenters. The highest BCUT2D eigenvalue weighted by atomic mass is 16.8. The zero-order chi connectivity index (χ0) is 32.2. The number of hydrogen-bond acceptors (Lipinski definition) is 5. The summed E-state index contributed by atoms with van der Waals surface area (Å²) < 4.78 is 27.7. The van der Waals surface area contributed by atoms with Crippen LogP contribution in [0.1, 0.15) is 138 Å². The molecule has 8 aliphatic rings. The van der Waals surface area contributed by atoms with E-state index in [2.05, 4.69) is 41.5 Å². The molecule has 6 heteroatoms. The number of fused-ring (bicyclic) bond motifs is 6. The fourth-order valence-corrected chi connectivity index (χ4v) is 14.5. The number of hydrogen-bond donors (Lipinski definition) is 1. The van der Waals surface area contributed by atoms with E-state index in [1.807, 2.05) is 0 Å². The Balaban J connectivity index is 0.938. The molecule has 260 valence electrons. The molecule has 2 bridgehead atoms. The number of carbonyl (C=O) groups is 1. The second-order valence-electron chi connectivity index (χ2n) is 18.7. The summed E-state index contributed by atoms with van der Waals surface area (Å²) in [7, 11) is 0. The molecule has 8 rings (SSSR count). The number of carboxylic acids is 1. The van der Waals surface area contributed by atoms with Gasteiger partial charge in [-0.1, -0.05) is 34.6 Å². The van der Waals surface area contributed by atoms with E-state index < -0.39 is 5.97 Å². The third-order valence-corrected chi connectivity index (χ3v) is 17.0. The number of aliphatic carboxylic acids is 1. The minimum absolute atomic E-state index is 0.0783. The first-order valence-electron chi connectivity index (χ1n) is 19.8. The second kappa shape index (κ2) is 11.7. The highest BCUT2D eigenvalue weighted by molar-refractivity contribution is 5.66. The molecule has 0 aromatic heterocycles. The van der Waals surface area contributed by atoms with E-state index in [9.17, 15) is 9.90 Å². The number of ether oxygens (including phenoxy) is 4. The van der Waals surface area contributed by atoms with Gasteiger partial charge >= 0.3 is 5.97 Å². The van der Waals surface area contributed by atoms with Crippen molar-refractivity contribution < 1.29 is 28.8 Å². The van der Waals surface area contributed by atoms with Crippen molar-refractivity contribution in [1.29, 1.82) is 0 Å². The second-order valence-corrected chi connectivity index (χ2v) is 18.7. The van der Waals surface area contributed by atoms with Crippen LogP contribution in [0, 0.1) is 70.0 Å². The molecule has 5 aliphatic carbocycles. The summed E-state index contributed by atoms with van der Waals surface area (Å²) in [5.41, 5.74) is 0.517. The fraction of sp³-hybridized carbons (Fsp3) is 0.975. The molecule has 3 heterocycles. The topological polar surface area (TPSA) is 74.2 Å². The van der Waals surface area contributed by atoms with Crippen molar-refractivity contribution in [2.75, 3.05) is 0 Å². The Morgan fingerprint density at radius 1 is 0.848 bits per heavy atom. The van der Waals surface area contributed by atoms with Gasteiger partial charge in [-0.05, 0) is 155 Å². The molecule has 3 saturated heterocycles. The molecule has 1 N–H and O–H groups in total. The van der Waals surface area contributed by atoms with E-state index in [-0.39, 0.29) is 36.5 Å². The van der Waals surface area contributed by atoms with Crippen molar-refractivity contribution >= 4 is 5.97 Å². The maximum atomic E-state index is 11.3. The van der Waals surface area contributed by atoms with Gasteiger partial charge in [-0.2, -0.15) is 0 Å². The Morgan fingerprint density at radius 2 is 1.59 bits per heavy atom. The predicted octanol–water partition coefficient (Wildman–Crippen LogP) is 8.85. The maximum absolute atomic E-state index is 11.3. The Bertz CT molecular complexity index is 1160. The van der Waals surface area contributed by atoms with Crippen LogP contribution in [-0.2, 0) is 23.7 Å². The predicted molar refractivity (Wildman–Crippen MR) is 177 cm³/mol. The summed E-state index contributed by atoms with van der Waals surface area (Å²) in [5, 5.41) is 9.32. The molecular formula is C40H64O6. The van der Waals surface area contributed by atoms with Crippen LogP contribution in [0.25, 0.3) is 0 Å². The Kier molecular flexibility index (Phi) is 8.26. The van der Waals surface area contributed by atoms with E-state index in [0.29, 0.717) is 52.8 Å². The first-order chi connectivity index (χ1) is 22.0. The molecule has 0 radical (unpaired) electrons. The lowest BCUT2D eigenvalue weighted by atomic mass is 9.44. The van der Waals surface area contributed by atoms with Crippen molar-refractivity contribution in [3.63, 3.8) is 0 Å². The van der Waals surface area contributed by atoms with Gasteiger partial charge in [-0.25, -0.2) is 0 Å². The van der Waals surface area contributed by atoms with Gasteiger partial charge in [0.1, 0.15) is 5.60 Å². The van der Waals surface area contributed by atoms with Gasteiger partial charge in [0.05, 0.1) is 18.3 Å². The SMILES string of the molecule is C[C@@H]1CC[C@H]2[C@@H](C)C(O[C@@H]3CC[C@@]4(C)C(CCC5C4CC[C@@]4(C)C5CC[C@@H]4[C@H](C)CCC(=O)O)C3)OC3O[C@H](C)[C@H]4CCC1C32O4. The van der Waals surface area contributed by atoms with Crippen molar-refractivity contribution in [3.8, 4) is 0 Å². The minimum atomic E-state index is -0.639. The van der Waals surface area contributed by atoms with Crippen LogP contribution in [0.5, 0.6) is 0 Å². The summed E-state index contributed by atoms with van der Waals surface area (Å²) in [4.78, 5) is 11.3. The van der Waals surface area contributed by atoms with Crippen LogP contribution in [0.2, 0.25) is 0 Å². The number of carboxylic acid groups (broad SMARTS) is 1. The largest absolute Gasteiger partial charge is 0.481 e. The van der Waals surface area contributed by atoms with E-state index >= 15 is 0 Å². The zero-order valence-corrected chi connectivity index (χ0v) is 29.8. The summed E-state index contributed by atoms with van der Waals surface area (Å²) in [6.07, 6.45) is 17.7. The van der Waals surface area contributed by atoms with Crippen molar-refractivity contribution in [2.24, 2.45) is 70.0 Å². The highest BCUT2D eigenvalue weighted by Crippen LogP contribution is 2.69. The Hall–Kier alpha value is -0.690. The normalized spacial score (nSPS) is 56.6. The molecule has 6 nitrogen and oxygen atoms in total. The van der Waals surface area contributed by atoms with Gasteiger partial charge in [0.2, 0.25) is 0 Å². The fourth-order valence-electron chi connectivity index (χ4n) is 14.5. The van der Waals surface area contributed by atoms with Gasteiger partial charge in [0.25, 0.3) is 0 Å². The van der Waals surface area contributed by atoms with E-state index in [4.69, 9.17) is 18.9 Å². The van der Waals surface area contributed by atoms with Gasteiger partial charge in [-0.15, -0.1) is 0 Å². The summed E-state index contributed by atoms with van der Waals surface area (Å²) in [5.74, 6) is 5.73. The van der Waals surface area contributed by atoms with E-state index in [0.717, 1.165) is 42.9 Å². The average Bonchev–Trinajstić information content (AvgIpc) is 3.39. The quantitative estimate of drug-likeness (QED) is 0.293. The lowest BCUT2D eigenvalue weighted by Gasteiger charge is -2.66. The van der Waals surface area contributed by atoms with Crippen LogP contribution in [0.15, 0.2) is 0 Å². The summed E-state index contributed by atoms with van der Waals surface area (Å²) in [6.45, 7) is 14.6. The molecule has 3 aliphatic heterocycles. The van der Waals surface area contributed by atoms with Gasteiger partial charge in [0, 0.05) is 18.3 Å². The van der Waals surface area contributed by atoms with Crippen molar-refractivity contribution in [3.05, 3.63) is 0 Å². The van der Waals surface area contributed by atoms with Crippen LogP contribution in [0.3, 0.4) is 0 Å². The van der Waals surface area contributed by atoms with E-state index in [1.165, 1.54) is 70.6 Å². The molecule has 46 heavy (non-hydrogen) atoms. The van der Waals surface area contributed by atoms with Crippen molar-refractivity contribution in [1.82, 2.24) is 0 Å². The Morgan fingerprint density at radius 3 is 2.39 bits per heavy atom. The van der Waals surface area contributed by atoms with Gasteiger partial charge in [-0.3, -0.25) is 4.79 Å². The average molecular weight is 641 g/mol. The van der Waals surface area contributed by atoms with Crippen molar-refractivity contribution in [2.45, 2.75) is 174 Å². The van der Waals surface area contributed by atoms with Gasteiger partial charge in [0.15, 0.2) is 12.6 Å². The first kappa shape index (κ1) is 32.5. The van der Waals surface area contributed by atoms with Crippen LogP contribution in [-0.4, -0.2) is 47.6 Å². The Labute approximate surface area is 278 Å². The third-order valence-electron chi connectivity index (χ3n) is 17.0. The summed E-state index contributed by atoms with van der Waals surface area (Å²) >= 11 is 0. The third kappa shape index (κ3) is 4.78. The molecule has 5 saturated carbocycles. The van der Waals surface area contributed by atoms with Crippen LogP contribution >= 0.6 is 0 Å². The first-order valence-corrected chi connectivity index (χ1v) is 19.8. The maximum Gasteiger partial charge on any atom is 0.303 e. The molecule has 1 spiro atoms. The lowest BCUT2D eigenvalue weighted by molar-refractivity contribution is -0.450. The zero-order valence-electron chi connectivity index (χ0n) is 29.8. The molecule has 0 aromatic carbocycles.